The van der Waals surface area contributed by atoms with E-state index in [1.165, 1.54) is 0 Å². The minimum atomic E-state index is -0.257. The highest BCUT2D eigenvalue weighted by molar-refractivity contribution is 6.28. The number of carbonyl (C=O) groups is 1. The Kier molecular flexibility index (Phi) is 6.28. The first kappa shape index (κ1) is 18.5. The molecule has 0 aliphatic carbocycles. The highest BCUT2D eigenvalue weighted by Crippen LogP contribution is 2.24. The predicted octanol–water partition coefficient (Wildman–Crippen LogP) is 3.95. The topological polar surface area (TPSA) is 64.6 Å². The number of hydrogen-bond donors (Lipinski definition) is 0. The van der Waals surface area contributed by atoms with Crippen LogP contribution in [0.2, 0.25) is 5.28 Å². The van der Waals surface area contributed by atoms with Crippen molar-refractivity contribution in [2.45, 2.75) is 32.5 Å². The van der Waals surface area contributed by atoms with Crippen LogP contribution in [-0.4, -0.2) is 40.2 Å². The van der Waals surface area contributed by atoms with Gasteiger partial charge in [-0.2, -0.15) is 0 Å². The fraction of sp³-hybridized carbons (Fsp3) is 0.421. The Hall–Kier alpha value is -2.34. The van der Waals surface area contributed by atoms with Gasteiger partial charge in [-0.1, -0.05) is 30.3 Å². The number of benzene rings is 1. The van der Waals surface area contributed by atoms with E-state index in [9.17, 15) is 4.79 Å². The van der Waals surface area contributed by atoms with Crippen molar-refractivity contribution in [2.24, 2.45) is 5.92 Å². The zero-order chi connectivity index (χ0) is 18.4. The largest absolute Gasteiger partial charge is 0.487 e. The third-order valence-corrected chi connectivity index (χ3v) is 4.78. The molecule has 1 aromatic carbocycles. The second kappa shape index (κ2) is 8.85. The first-order chi connectivity index (χ1) is 12.6. The smallest absolute Gasteiger partial charge is 0.410 e. The molecule has 0 spiro atoms. The number of amides is 1. The van der Waals surface area contributed by atoms with Gasteiger partial charge in [-0.3, -0.25) is 0 Å². The molecule has 0 N–H and O–H groups in total. The molecule has 138 valence electrons. The van der Waals surface area contributed by atoms with Crippen LogP contribution in [0.3, 0.4) is 0 Å². The van der Waals surface area contributed by atoms with Crippen molar-refractivity contribution in [1.29, 1.82) is 0 Å². The highest BCUT2D eigenvalue weighted by atomic mass is 35.5. The lowest BCUT2D eigenvalue weighted by Gasteiger charge is -2.34. The van der Waals surface area contributed by atoms with E-state index in [0.717, 1.165) is 18.4 Å². The van der Waals surface area contributed by atoms with Crippen LogP contribution in [0.5, 0.6) is 5.75 Å². The molecule has 0 radical (unpaired) electrons. The molecule has 1 aliphatic rings. The molecule has 6 nitrogen and oxygen atoms in total. The van der Waals surface area contributed by atoms with Crippen molar-refractivity contribution in [3.05, 3.63) is 53.6 Å². The Morgan fingerprint density at radius 3 is 2.54 bits per heavy atom. The molecule has 7 heteroatoms. The zero-order valence-corrected chi connectivity index (χ0v) is 15.4. The van der Waals surface area contributed by atoms with E-state index in [2.05, 4.69) is 9.97 Å². The van der Waals surface area contributed by atoms with Gasteiger partial charge in [-0.25, -0.2) is 14.8 Å². The Bertz CT molecular complexity index is 704. The molecular weight excluding hydrogens is 354 g/mol. The van der Waals surface area contributed by atoms with Crippen LogP contribution in [-0.2, 0) is 11.3 Å². The number of nitrogens with zero attached hydrogens (tertiary/aromatic N) is 3. The van der Waals surface area contributed by atoms with E-state index in [4.69, 9.17) is 21.1 Å². The maximum Gasteiger partial charge on any atom is 0.410 e. The SMILES string of the molecule is C[C@H](Oc1cnc(Cl)nc1)C1CCN(C(=O)OCc2ccccc2)CC1. The van der Waals surface area contributed by atoms with E-state index in [1.807, 2.05) is 37.3 Å². The third-order valence-electron chi connectivity index (χ3n) is 4.59. The number of rotatable bonds is 5. The Morgan fingerprint density at radius 1 is 1.23 bits per heavy atom. The second-order valence-corrected chi connectivity index (χ2v) is 6.71. The molecule has 1 aromatic heterocycles. The average Bonchev–Trinajstić information content (AvgIpc) is 2.69. The second-order valence-electron chi connectivity index (χ2n) is 6.38. The fourth-order valence-corrected chi connectivity index (χ4v) is 3.13. The minimum Gasteiger partial charge on any atom is -0.487 e. The van der Waals surface area contributed by atoms with Gasteiger partial charge in [0.25, 0.3) is 0 Å². The molecule has 0 unspecified atom stereocenters. The monoisotopic (exact) mass is 375 g/mol. The van der Waals surface area contributed by atoms with Crippen LogP contribution in [0, 0.1) is 5.92 Å². The highest BCUT2D eigenvalue weighted by Gasteiger charge is 2.28. The minimum absolute atomic E-state index is 0.0160. The lowest BCUT2D eigenvalue weighted by molar-refractivity contribution is 0.0603. The molecular formula is C19H22ClN3O3. The lowest BCUT2D eigenvalue weighted by atomic mass is 9.92. The normalized spacial score (nSPS) is 16.2. The van der Waals surface area contributed by atoms with Crippen molar-refractivity contribution in [1.82, 2.24) is 14.9 Å². The van der Waals surface area contributed by atoms with Gasteiger partial charge >= 0.3 is 6.09 Å². The molecule has 1 saturated heterocycles. The van der Waals surface area contributed by atoms with Gasteiger partial charge in [0, 0.05) is 13.1 Å². The molecule has 26 heavy (non-hydrogen) atoms. The Balaban J connectivity index is 1.43. The molecule has 1 atom stereocenters. The van der Waals surface area contributed by atoms with E-state index in [-0.39, 0.29) is 17.5 Å². The molecule has 0 saturated carbocycles. The van der Waals surface area contributed by atoms with Gasteiger partial charge in [0.2, 0.25) is 5.28 Å². The number of likely N-dealkylation sites (tertiary alicyclic amines) is 1. The van der Waals surface area contributed by atoms with E-state index >= 15 is 0 Å². The number of ether oxygens (including phenoxy) is 2. The summed E-state index contributed by atoms with van der Waals surface area (Å²) in [5.41, 5.74) is 0.989. The maximum absolute atomic E-state index is 12.2. The summed E-state index contributed by atoms with van der Waals surface area (Å²) in [4.78, 5) is 21.8. The average molecular weight is 376 g/mol. The molecule has 0 bridgehead atoms. The summed E-state index contributed by atoms with van der Waals surface area (Å²) in [6.45, 7) is 3.67. The van der Waals surface area contributed by atoms with Gasteiger partial charge in [0.1, 0.15) is 6.61 Å². The van der Waals surface area contributed by atoms with Gasteiger partial charge in [0.15, 0.2) is 5.75 Å². The summed E-state index contributed by atoms with van der Waals surface area (Å²) in [6, 6.07) is 9.69. The van der Waals surface area contributed by atoms with Crippen LogP contribution in [0.1, 0.15) is 25.3 Å². The third kappa shape index (κ3) is 5.08. The summed E-state index contributed by atoms with van der Waals surface area (Å²) in [6.07, 6.45) is 4.64. The first-order valence-electron chi connectivity index (χ1n) is 8.71. The summed E-state index contributed by atoms with van der Waals surface area (Å²) in [5.74, 6) is 0.968. The van der Waals surface area contributed by atoms with Crippen molar-refractivity contribution < 1.29 is 14.3 Å². The van der Waals surface area contributed by atoms with Gasteiger partial charge in [-0.05, 0) is 42.8 Å². The molecule has 3 rings (SSSR count). The summed E-state index contributed by atoms with van der Waals surface area (Å²) in [5, 5.41) is 0.201. The predicted molar refractivity (Wildman–Crippen MR) is 98.1 cm³/mol. The number of carbonyl (C=O) groups excluding carboxylic acids is 1. The van der Waals surface area contributed by atoms with Crippen molar-refractivity contribution in [3.63, 3.8) is 0 Å². The maximum atomic E-state index is 12.2. The van der Waals surface area contributed by atoms with Crippen molar-refractivity contribution >= 4 is 17.7 Å². The first-order valence-corrected chi connectivity index (χ1v) is 9.09. The quantitative estimate of drug-likeness (QED) is 0.740. The lowest BCUT2D eigenvalue weighted by Crippen LogP contribution is -2.42. The molecule has 2 aromatic rings. The van der Waals surface area contributed by atoms with E-state index in [0.29, 0.717) is 31.4 Å². The summed E-state index contributed by atoms with van der Waals surface area (Å²) in [7, 11) is 0. The van der Waals surface area contributed by atoms with Crippen LogP contribution in [0.25, 0.3) is 0 Å². The number of halogens is 1. The van der Waals surface area contributed by atoms with Gasteiger partial charge < -0.3 is 14.4 Å². The molecule has 1 amide bonds. The molecule has 1 aliphatic heterocycles. The van der Waals surface area contributed by atoms with Crippen LogP contribution < -0.4 is 4.74 Å². The molecule has 1 fully saturated rings. The Morgan fingerprint density at radius 2 is 1.88 bits per heavy atom. The van der Waals surface area contributed by atoms with E-state index < -0.39 is 0 Å². The fourth-order valence-electron chi connectivity index (χ4n) is 3.03. The van der Waals surface area contributed by atoms with Crippen LogP contribution in [0.4, 0.5) is 4.79 Å². The van der Waals surface area contributed by atoms with Crippen molar-refractivity contribution in [3.8, 4) is 5.75 Å². The summed E-state index contributed by atoms with van der Waals surface area (Å²) >= 11 is 5.68. The number of hydrogen-bond acceptors (Lipinski definition) is 5. The summed E-state index contributed by atoms with van der Waals surface area (Å²) < 4.78 is 11.3. The molecule has 2 heterocycles. The van der Waals surface area contributed by atoms with Gasteiger partial charge in [0.05, 0.1) is 18.5 Å². The van der Waals surface area contributed by atoms with Crippen LogP contribution in [0.15, 0.2) is 42.7 Å². The van der Waals surface area contributed by atoms with Crippen LogP contribution >= 0.6 is 11.6 Å². The van der Waals surface area contributed by atoms with Gasteiger partial charge in [-0.15, -0.1) is 0 Å². The standard InChI is InChI=1S/C19H22ClN3O3/c1-14(26-17-11-21-18(20)22-12-17)16-7-9-23(10-8-16)19(24)25-13-15-5-3-2-4-6-15/h2-6,11-12,14,16H,7-10,13H2,1H3/t14-/m0/s1. The van der Waals surface area contributed by atoms with E-state index in [1.54, 1.807) is 17.3 Å². The number of piperidine rings is 1. The number of aromatic nitrogens is 2. The zero-order valence-electron chi connectivity index (χ0n) is 14.7. The van der Waals surface area contributed by atoms with Crippen molar-refractivity contribution in [2.75, 3.05) is 13.1 Å². The Labute approximate surface area is 158 Å².